The van der Waals surface area contributed by atoms with E-state index in [4.69, 9.17) is 16.7 Å². The van der Waals surface area contributed by atoms with Crippen molar-refractivity contribution in [3.63, 3.8) is 0 Å². The van der Waals surface area contributed by atoms with Gasteiger partial charge in [0.15, 0.2) is 0 Å². The van der Waals surface area contributed by atoms with Crippen molar-refractivity contribution in [2.45, 2.75) is 19.3 Å². The van der Waals surface area contributed by atoms with Gasteiger partial charge in [-0.15, -0.1) is 0 Å². The van der Waals surface area contributed by atoms with Crippen molar-refractivity contribution in [2.75, 3.05) is 26.2 Å². The summed E-state index contributed by atoms with van der Waals surface area (Å²) >= 11 is 6.17. The number of aromatic nitrogens is 2. The lowest BCUT2D eigenvalue weighted by molar-refractivity contribution is 0.0939. The summed E-state index contributed by atoms with van der Waals surface area (Å²) in [7, 11) is 0. The third kappa shape index (κ3) is 4.86. The average Bonchev–Trinajstić information content (AvgIpc) is 3.21. The zero-order valence-corrected chi connectivity index (χ0v) is 17.1. The Balaban J connectivity index is 1.56. The Bertz CT molecular complexity index is 964. The SMILES string of the molecule is O=C(NCCN1CCCCC1)c1cc(-c2ccccc2)nn1-c1cccc(Cl)c1. The van der Waals surface area contributed by atoms with Gasteiger partial charge in [-0.2, -0.15) is 5.10 Å². The average molecular weight is 409 g/mol. The zero-order valence-electron chi connectivity index (χ0n) is 16.4. The molecule has 1 amide bonds. The largest absolute Gasteiger partial charge is 0.349 e. The van der Waals surface area contributed by atoms with Crippen LogP contribution in [0.1, 0.15) is 29.8 Å². The molecule has 2 heterocycles. The smallest absolute Gasteiger partial charge is 0.270 e. The molecule has 1 aromatic heterocycles. The number of carbonyl (C=O) groups excluding carboxylic acids is 1. The maximum Gasteiger partial charge on any atom is 0.270 e. The fourth-order valence-corrected chi connectivity index (χ4v) is 3.88. The number of carbonyl (C=O) groups is 1. The summed E-state index contributed by atoms with van der Waals surface area (Å²) in [5.41, 5.74) is 2.99. The molecular formula is C23H25ClN4O. The normalized spacial score (nSPS) is 14.7. The molecule has 0 spiro atoms. The Morgan fingerprint density at radius 2 is 1.79 bits per heavy atom. The fourth-order valence-electron chi connectivity index (χ4n) is 3.70. The van der Waals surface area contributed by atoms with E-state index in [0.29, 0.717) is 17.3 Å². The van der Waals surface area contributed by atoms with Gasteiger partial charge in [0.2, 0.25) is 0 Å². The van der Waals surface area contributed by atoms with Gasteiger partial charge in [0.1, 0.15) is 5.69 Å². The second-order valence-electron chi connectivity index (χ2n) is 7.33. The second-order valence-corrected chi connectivity index (χ2v) is 7.77. The van der Waals surface area contributed by atoms with Crippen molar-refractivity contribution >= 4 is 17.5 Å². The zero-order chi connectivity index (χ0) is 20.1. The van der Waals surface area contributed by atoms with Crippen LogP contribution in [-0.4, -0.2) is 46.8 Å². The molecule has 6 heteroatoms. The van der Waals surface area contributed by atoms with Gasteiger partial charge in [-0.05, 0) is 50.2 Å². The number of nitrogens with one attached hydrogen (secondary N) is 1. The molecule has 0 bridgehead atoms. The first-order valence-corrected chi connectivity index (χ1v) is 10.5. The molecule has 0 aliphatic carbocycles. The number of hydrogen-bond acceptors (Lipinski definition) is 3. The minimum atomic E-state index is -0.128. The van der Waals surface area contributed by atoms with Crippen LogP contribution in [0.15, 0.2) is 60.7 Å². The molecule has 1 fully saturated rings. The van der Waals surface area contributed by atoms with Crippen molar-refractivity contribution in [1.82, 2.24) is 20.0 Å². The number of likely N-dealkylation sites (tertiary alicyclic amines) is 1. The Morgan fingerprint density at radius 1 is 1.00 bits per heavy atom. The highest BCUT2D eigenvalue weighted by molar-refractivity contribution is 6.30. The molecule has 1 aliphatic rings. The summed E-state index contributed by atoms with van der Waals surface area (Å²) in [6.45, 7) is 3.74. The lowest BCUT2D eigenvalue weighted by atomic mass is 10.1. The summed E-state index contributed by atoms with van der Waals surface area (Å²) in [5, 5.41) is 8.37. The number of nitrogens with zero attached hydrogens (tertiary/aromatic N) is 3. The predicted molar refractivity (Wildman–Crippen MR) is 117 cm³/mol. The lowest BCUT2D eigenvalue weighted by Gasteiger charge is -2.26. The molecule has 2 aromatic carbocycles. The molecule has 1 aliphatic heterocycles. The Morgan fingerprint density at radius 3 is 2.55 bits per heavy atom. The van der Waals surface area contributed by atoms with Gasteiger partial charge in [0.05, 0.1) is 11.4 Å². The molecule has 29 heavy (non-hydrogen) atoms. The van der Waals surface area contributed by atoms with Gasteiger partial charge in [0, 0.05) is 23.7 Å². The van der Waals surface area contributed by atoms with E-state index in [1.165, 1.54) is 19.3 Å². The fraction of sp³-hybridized carbons (Fsp3) is 0.304. The first-order valence-electron chi connectivity index (χ1n) is 10.1. The molecule has 0 atom stereocenters. The molecule has 1 N–H and O–H groups in total. The standard InChI is InChI=1S/C23H25ClN4O/c24-19-10-7-11-20(16-19)28-22(17-21(26-28)18-8-3-1-4-9-18)23(29)25-12-15-27-13-5-2-6-14-27/h1,3-4,7-11,16-17H,2,5-6,12-15H2,(H,25,29). The topological polar surface area (TPSA) is 50.2 Å². The van der Waals surface area contributed by atoms with E-state index in [2.05, 4.69) is 10.2 Å². The van der Waals surface area contributed by atoms with E-state index >= 15 is 0 Å². The Kier molecular flexibility index (Phi) is 6.27. The molecule has 5 nitrogen and oxygen atoms in total. The second kappa shape index (κ2) is 9.25. The van der Waals surface area contributed by atoms with Crippen LogP contribution < -0.4 is 5.32 Å². The number of amides is 1. The monoisotopic (exact) mass is 408 g/mol. The van der Waals surface area contributed by atoms with Crippen LogP contribution >= 0.6 is 11.6 Å². The molecular weight excluding hydrogens is 384 g/mol. The van der Waals surface area contributed by atoms with Crippen LogP contribution in [0.2, 0.25) is 5.02 Å². The quantitative estimate of drug-likeness (QED) is 0.657. The molecule has 3 aromatic rings. The highest BCUT2D eigenvalue weighted by Gasteiger charge is 2.18. The summed E-state index contributed by atoms with van der Waals surface area (Å²) < 4.78 is 1.67. The summed E-state index contributed by atoms with van der Waals surface area (Å²) in [4.78, 5) is 15.4. The molecule has 0 unspecified atom stereocenters. The van der Waals surface area contributed by atoms with E-state index in [-0.39, 0.29) is 5.91 Å². The van der Waals surface area contributed by atoms with Gasteiger partial charge in [-0.1, -0.05) is 54.4 Å². The molecule has 1 saturated heterocycles. The number of hydrogen-bond donors (Lipinski definition) is 1. The van der Waals surface area contributed by atoms with E-state index in [1.807, 2.05) is 60.7 Å². The number of rotatable bonds is 6. The number of halogens is 1. The number of piperidine rings is 1. The van der Waals surface area contributed by atoms with Crippen LogP contribution in [-0.2, 0) is 0 Å². The first-order chi connectivity index (χ1) is 14.2. The van der Waals surface area contributed by atoms with Crippen molar-refractivity contribution in [3.8, 4) is 16.9 Å². The highest BCUT2D eigenvalue weighted by Crippen LogP contribution is 2.23. The molecule has 150 valence electrons. The highest BCUT2D eigenvalue weighted by atomic mass is 35.5. The third-order valence-corrected chi connectivity index (χ3v) is 5.46. The van der Waals surface area contributed by atoms with Gasteiger partial charge < -0.3 is 10.2 Å². The maximum absolute atomic E-state index is 13.0. The minimum Gasteiger partial charge on any atom is -0.349 e. The Labute approximate surface area is 176 Å². The van der Waals surface area contributed by atoms with Gasteiger partial charge in [-0.25, -0.2) is 4.68 Å². The van der Waals surface area contributed by atoms with Crippen molar-refractivity contribution in [3.05, 3.63) is 71.4 Å². The van der Waals surface area contributed by atoms with Gasteiger partial charge in [0.25, 0.3) is 5.91 Å². The van der Waals surface area contributed by atoms with Gasteiger partial charge >= 0.3 is 0 Å². The van der Waals surface area contributed by atoms with Crippen LogP contribution in [0.5, 0.6) is 0 Å². The number of benzene rings is 2. The maximum atomic E-state index is 13.0. The van der Waals surface area contributed by atoms with E-state index < -0.39 is 0 Å². The van der Waals surface area contributed by atoms with E-state index in [9.17, 15) is 4.79 Å². The summed E-state index contributed by atoms with van der Waals surface area (Å²) in [6, 6.07) is 19.1. The summed E-state index contributed by atoms with van der Waals surface area (Å²) in [6.07, 6.45) is 3.80. The molecule has 0 radical (unpaired) electrons. The third-order valence-electron chi connectivity index (χ3n) is 5.23. The minimum absolute atomic E-state index is 0.128. The van der Waals surface area contributed by atoms with E-state index in [1.54, 1.807) is 4.68 Å². The summed E-state index contributed by atoms with van der Waals surface area (Å²) in [5.74, 6) is -0.128. The van der Waals surface area contributed by atoms with Crippen LogP contribution in [0.4, 0.5) is 0 Å². The van der Waals surface area contributed by atoms with Crippen LogP contribution in [0, 0.1) is 0 Å². The van der Waals surface area contributed by atoms with Crippen LogP contribution in [0.3, 0.4) is 0 Å². The van der Waals surface area contributed by atoms with Crippen molar-refractivity contribution in [2.24, 2.45) is 0 Å². The van der Waals surface area contributed by atoms with Crippen molar-refractivity contribution < 1.29 is 4.79 Å². The van der Waals surface area contributed by atoms with Crippen molar-refractivity contribution in [1.29, 1.82) is 0 Å². The first kappa shape index (κ1) is 19.7. The lowest BCUT2D eigenvalue weighted by Crippen LogP contribution is -2.38. The van der Waals surface area contributed by atoms with Gasteiger partial charge in [-0.3, -0.25) is 4.79 Å². The molecule has 4 rings (SSSR count). The van der Waals surface area contributed by atoms with E-state index in [0.717, 1.165) is 36.6 Å². The molecule has 0 saturated carbocycles. The predicted octanol–water partition coefficient (Wildman–Crippen LogP) is 4.41. The Hall–Kier alpha value is -2.63. The van der Waals surface area contributed by atoms with Crippen LogP contribution in [0.25, 0.3) is 16.9 Å².